The third-order valence-electron chi connectivity index (χ3n) is 2.74. The number of hydrogen-bond acceptors (Lipinski definition) is 6. The number of carbonyl (C=O) groups excluding carboxylic acids is 3. The highest BCUT2D eigenvalue weighted by Crippen LogP contribution is 2.33. The van der Waals surface area contributed by atoms with Crippen LogP contribution in [0.1, 0.15) is 35.3 Å². The number of thiophene rings is 2. The van der Waals surface area contributed by atoms with E-state index >= 15 is 0 Å². The van der Waals surface area contributed by atoms with Gasteiger partial charge in [0.2, 0.25) is 0 Å². The Labute approximate surface area is 128 Å². The maximum atomic E-state index is 12.0. The number of anilines is 1. The van der Waals surface area contributed by atoms with Crippen LogP contribution in [-0.2, 0) is 4.74 Å². The number of carbonyl (C=O) groups is 3. The van der Waals surface area contributed by atoms with Crippen LogP contribution in [0.25, 0.3) is 0 Å². The molecule has 21 heavy (non-hydrogen) atoms. The summed E-state index contributed by atoms with van der Waals surface area (Å²) in [6, 6.07) is 3.40. The van der Waals surface area contributed by atoms with Gasteiger partial charge in [0, 0.05) is 0 Å². The summed E-state index contributed by atoms with van der Waals surface area (Å²) in [5.41, 5.74) is 5.87. The first-order valence-corrected chi connectivity index (χ1v) is 7.51. The van der Waals surface area contributed by atoms with Gasteiger partial charge in [0.25, 0.3) is 11.8 Å². The average Bonchev–Trinajstić information content (AvgIpc) is 3.06. The van der Waals surface area contributed by atoms with Crippen LogP contribution in [0.4, 0.5) is 5.00 Å². The molecule has 2 aromatic rings. The lowest BCUT2D eigenvalue weighted by molar-refractivity contribution is 0.0605. The highest BCUT2D eigenvalue weighted by atomic mass is 32.1. The first-order chi connectivity index (χ1) is 9.95. The van der Waals surface area contributed by atoms with Gasteiger partial charge in [-0.1, -0.05) is 6.07 Å². The molecule has 0 unspecified atom stereocenters. The van der Waals surface area contributed by atoms with E-state index in [2.05, 4.69) is 10.1 Å². The molecule has 2 heterocycles. The number of hydrogen-bond donors (Lipinski definition) is 2. The Balaban J connectivity index is 2.41. The van der Waals surface area contributed by atoms with Crippen LogP contribution in [0.15, 0.2) is 17.5 Å². The molecular weight excluding hydrogens is 312 g/mol. The van der Waals surface area contributed by atoms with Gasteiger partial charge in [-0.15, -0.1) is 22.7 Å². The van der Waals surface area contributed by atoms with E-state index in [1.54, 1.807) is 24.4 Å². The lowest BCUT2D eigenvalue weighted by Gasteiger charge is -2.03. The summed E-state index contributed by atoms with van der Waals surface area (Å²) in [5.74, 6) is -1.64. The SMILES string of the molecule is COC(=O)c1sc(NC(=O)c2cccs2)c(C(N)=O)c1C. The van der Waals surface area contributed by atoms with E-state index < -0.39 is 11.9 Å². The van der Waals surface area contributed by atoms with Gasteiger partial charge in [0.1, 0.15) is 9.88 Å². The van der Waals surface area contributed by atoms with Crippen molar-refractivity contribution in [3.8, 4) is 0 Å². The zero-order chi connectivity index (χ0) is 15.6. The van der Waals surface area contributed by atoms with E-state index in [9.17, 15) is 14.4 Å². The molecule has 2 amide bonds. The molecule has 0 bridgehead atoms. The second kappa shape index (κ2) is 6.06. The molecule has 0 aromatic carbocycles. The second-order valence-corrected chi connectivity index (χ2v) is 6.02. The van der Waals surface area contributed by atoms with E-state index in [-0.39, 0.29) is 21.3 Å². The lowest BCUT2D eigenvalue weighted by atomic mass is 10.1. The largest absolute Gasteiger partial charge is 0.465 e. The number of ether oxygens (including phenoxy) is 1. The first kappa shape index (κ1) is 15.2. The third-order valence-corrected chi connectivity index (χ3v) is 4.79. The predicted octanol–water partition coefficient (Wildman–Crippen LogP) is 2.26. The molecule has 3 N–H and O–H groups in total. The van der Waals surface area contributed by atoms with E-state index in [1.807, 2.05) is 0 Å². The molecule has 0 saturated carbocycles. The van der Waals surface area contributed by atoms with Crippen LogP contribution in [0.2, 0.25) is 0 Å². The van der Waals surface area contributed by atoms with Gasteiger partial charge >= 0.3 is 5.97 Å². The van der Waals surface area contributed by atoms with Gasteiger partial charge < -0.3 is 15.8 Å². The number of nitrogens with one attached hydrogen (secondary N) is 1. The van der Waals surface area contributed by atoms with Gasteiger partial charge in [-0.25, -0.2) is 4.79 Å². The normalized spacial score (nSPS) is 10.2. The molecule has 0 aliphatic heterocycles. The van der Waals surface area contributed by atoms with Crippen molar-refractivity contribution in [2.24, 2.45) is 5.73 Å². The fourth-order valence-corrected chi connectivity index (χ4v) is 3.50. The molecule has 0 aliphatic carbocycles. The van der Waals surface area contributed by atoms with Crippen molar-refractivity contribution in [1.82, 2.24) is 0 Å². The maximum Gasteiger partial charge on any atom is 0.348 e. The Morgan fingerprint density at radius 2 is 2.05 bits per heavy atom. The fourth-order valence-electron chi connectivity index (χ4n) is 1.76. The summed E-state index contributed by atoms with van der Waals surface area (Å²) in [7, 11) is 1.25. The molecule has 2 aromatic heterocycles. The summed E-state index contributed by atoms with van der Waals surface area (Å²) in [6.45, 7) is 1.59. The summed E-state index contributed by atoms with van der Waals surface area (Å²) < 4.78 is 4.65. The highest BCUT2D eigenvalue weighted by molar-refractivity contribution is 7.19. The van der Waals surface area contributed by atoms with Crippen molar-refractivity contribution in [2.45, 2.75) is 6.92 Å². The van der Waals surface area contributed by atoms with Crippen LogP contribution in [-0.4, -0.2) is 24.9 Å². The minimum atomic E-state index is -0.708. The average molecular weight is 324 g/mol. The minimum Gasteiger partial charge on any atom is -0.465 e. The topological polar surface area (TPSA) is 98.5 Å². The maximum absolute atomic E-state index is 12.0. The summed E-state index contributed by atoms with van der Waals surface area (Å²) in [6.07, 6.45) is 0. The van der Waals surface area contributed by atoms with Gasteiger partial charge in [-0.3, -0.25) is 9.59 Å². The van der Waals surface area contributed by atoms with E-state index in [0.717, 1.165) is 11.3 Å². The molecule has 0 atom stereocenters. The number of nitrogens with two attached hydrogens (primary N) is 1. The summed E-state index contributed by atoms with van der Waals surface area (Å²) >= 11 is 2.24. The van der Waals surface area contributed by atoms with Crippen LogP contribution < -0.4 is 11.1 Å². The van der Waals surface area contributed by atoms with Gasteiger partial charge in [-0.05, 0) is 23.9 Å². The van der Waals surface area contributed by atoms with Crippen LogP contribution >= 0.6 is 22.7 Å². The Bertz CT molecular complexity index is 704. The quantitative estimate of drug-likeness (QED) is 0.843. The molecule has 110 valence electrons. The smallest absolute Gasteiger partial charge is 0.348 e. The van der Waals surface area contributed by atoms with Crippen LogP contribution in [0.5, 0.6) is 0 Å². The van der Waals surface area contributed by atoms with Crippen molar-refractivity contribution >= 4 is 45.5 Å². The number of esters is 1. The fraction of sp³-hybridized carbons (Fsp3) is 0.154. The number of rotatable bonds is 4. The van der Waals surface area contributed by atoms with E-state index in [0.29, 0.717) is 10.4 Å². The highest BCUT2D eigenvalue weighted by Gasteiger charge is 2.25. The van der Waals surface area contributed by atoms with Crippen LogP contribution in [0.3, 0.4) is 0 Å². The van der Waals surface area contributed by atoms with Gasteiger partial charge in [-0.2, -0.15) is 0 Å². The van der Waals surface area contributed by atoms with Gasteiger partial charge in [0.05, 0.1) is 17.6 Å². The summed E-state index contributed by atoms with van der Waals surface area (Å²) in [5, 5.41) is 4.63. The van der Waals surface area contributed by atoms with Crippen LogP contribution in [0, 0.1) is 6.92 Å². The van der Waals surface area contributed by atoms with E-state index in [1.165, 1.54) is 18.4 Å². The lowest BCUT2D eigenvalue weighted by Crippen LogP contribution is -2.17. The predicted molar refractivity (Wildman–Crippen MR) is 81.2 cm³/mol. The Morgan fingerprint density at radius 3 is 2.57 bits per heavy atom. The van der Waals surface area contributed by atoms with Crippen molar-refractivity contribution in [3.05, 3.63) is 38.4 Å². The standard InChI is InChI=1S/C13H12N2O4S2/c1-6-8(10(14)16)12(21-9(6)13(18)19-2)15-11(17)7-4-3-5-20-7/h3-5H,1-2H3,(H2,14,16)(H,15,17). The Hall–Kier alpha value is -2.19. The first-order valence-electron chi connectivity index (χ1n) is 5.82. The molecule has 0 radical (unpaired) electrons. The minimum absolute atomic E-state index is 0.130. The number of methoxy groups -OCH3 is 1. The molecular formula is C13H12N2O4S2. The Kier molecular flexibility index (Phi) is 4.39. The molecule has 8 heteroatoms. The molecule has 0 spiro atoms. The molecule has 0 aliphatic rings. The number of primary amides is 1. The molecule has 2 rings (SSSR count). The van der Waals surface area contributed by atoms with Gasteiger partial charge in [0.15, 0.2) is 0 Å². The van der Waals surface area contributed by atoms with Crippen molar-refractivity contribution in [3.63, 3.8) is 0 Å². The van der Waals surface area contributed by atoms with Crippen molar-refractivity contribution < 1.29 is 19.1 Å². The number of amides is 2. The molecule has 0 saturated heterocycles. The Morgan fingerprint density at radius 1 is 1.33 bits per heavy atom. The monoisotopic (exact) mass is 324 g/mol. The second-order valence-electron chi connectivity index (χ2n) is 4.05. The van der Waals surface area contributed by atoms with Crippen molar-refractivity contribution in [1.29, 1.82) is 0 Å². The zero-order valence-corrected chi connectivity index (χ0v) is 12.9. The third kappa shape index (κ3) is 2.96. The van der Waals surface area contributed by atoms with Crippen molar-refractivity contribution in [2.75, 3.05) is 12.4 Å². The summed E-state index contributed by atoms with van der Waals surface area (Å²) in [4.78, 5) is 36.0. The molecule has 6 nitrogen and oxygen atoms in total. The zero-order valence-electron chi connectivity index (χ0n) is 11.3. The van der Waals surface area contributed by atoms with E-state index in [4.69, 9.17) is 5.73 Å². The molecule has 0 fully saturated rings.